The van der Waals surface area contributed by atoms with Crippen molar-refractivity contribution in [3.63, 3.8) is 0 Å². The van der Waals surface area contributed by atoms with Crippen LogP contribution in [-0.2, 0) is 4.79 Å². The van der Waals surface area contributed by atoms with E-state index >= 15 is 0 Å². The Balaban J connectivity index is 0.00000128. The molecule has 5 heteroatoms. The summed E-state index contributed by atoms with van der Waals surface area (Å²) in [5, 5.41) is 3.22. The van der Waals surface area contributed by atoms with Gasteiger partial charge in [0.15, 0.2) is 0 Å². The van der Waals surface area contributed by atoms with Gasteiger partial charge in [-0.1, -0.05) is 0 Å². The van der Waals surface area contributed by atoms with Gasteiger partial charge in [-0.05, 0) is 38.1 Å². The topological polar surface area (TPSA) is 51.2 Å². The molecule has 1 aromatic heterocycles. The first-order valence-electron chi connectivity index (χ1n) is 5.19. The average molecular weight is 243 g/mol. The highest BCUT2D eigenvalue weighted by Crippen LogP contribution is 2.16. The summed E-state index contributed by atoms with van der Waals surface area (Å²) in [7, 11) is 0. The quantitative estimate of drug-likeness (QED) is 0.797. The van der Waals surface area contributed by atoms with Crippen LogP contribution < -0.4 is 10.1 Å². The zero-order valence-electron chi connectivity index (χ0n) is 8.89. The van der Waals surface area contributed by atoms with Crippen molar-refractivity contribution in [1.82, 2.24) is 10.3 Å². The lowest BCUT2D eigenvalue weighted by atomic mass is 9.98. The predicted octanol–water partition coefficient (Wildman–Crippen LogP) is 1.41. The van der Waals surface area contributed by atoms with Crippen LogP contribution in [0, 0.1) is 5.92 Å². The Labute approximate surface area is 101 Å². The van der Waals surface area contributed by atoms with Gasteiger partial charge in [-0.2, -0.15) is 0 Å². The second-order valence-electron chi connectivity index (χ2n) is 3.63. The van der Waals surface area contributed by atoms with Gasteiger partial charge in [0.05, 0.1) is 5.92 Å². The number of hydrogen-bond acceptors (Lipinski definition) is 4. The Morgan fingerprint density at radius 3 is 2.56 bits per heavy atom. The van der Waals surface area contributed by atoms with Gasteiger partial charge in [-0.25, -0.2) is 0 Å². The lowest BCUT2D eigenvalue weighted by molar-refractivity contribution is -0.139. The lowest BCUT2D eigenvalue weighted by Crippen LogP contribution is -2.33. The molecule has 4 nitrogen and oxygen atoms in total. The SMILES string of the molecule is Cl.O=C(Oc1ccncc1)C1CCNCC1. The fraction of sp³-hybridized carbons (Fsp3) is 0.455. The van der Waals surface area contributed by atoms with Crippen molar-refractivity contribution in [2.75, 3.05) is 13.1 Å². The third-order valence-corrected chi connectivity index (χ3v) is 2.54. The Bertz CT molecular complexity index is 326. The molecule has 0 spiro atoms. The number of pyridine rings is 1. The van der Waals surface area contributed by atoms with Gasteiger partial charge in [0.1, 0.15) is 5.75 Å². The maximum absolute atomic E-state index is 11.7. The second kappa shape index (κ2) is 6.45. The molecule has 0 unspecified atom stereocenters. The van der Waals surface area contributed by atoms with Gasteiger partial charge >= 0.3 is 5.97 Å². The zero-order valence-corrected chi connectivity index (χ0v) is 9.70. The molecule has 1 aromatic rings. The molecular weight excluding hydrogens is 228 g/mol. The Kier molecular flexibility index (Phi) is 5.22. The summed E-state index contributed by atoms with van der Waals surface area (Å²) < 4.78 is 5.25. The fourth-order valence-corrected chi connectivity index (χ4v) is 1.66. The zero-order chi connectivity index (χ0) is 10.5. The molecule has 88 valence electrons. The highest BCUT2D eigenvalue weighted by Gasteiger charge is 2.22. The number of aromatic nitrogens is 1. The number of piperidine rings is 1. The molecule has 1 fully saturated rings. The minimum absolute atomic E-state index is 0. The van der Waals surface area contributed by atoms with Crippen LogP contribution in [0.25, 0.3) is 0 Å². The van der Waals surface area contributed by atoms with E-state index in [0.29, 0.717) is 5.75 Å². The van der Waals surface area contributed by atoms with Gasteiger partial charge in [0, 0.05) is 12.4 Å². The third-order valence-electron chi connectivity index (χ3n) is 2.54. The summed E-state index contributed by atoms with van der Waals surface area (Å²) >= 11 is 0. The monoisotopic (exact) mass is 242 g/mol. The lowest BCUT2D eigenvalue weighted by Gasteiger charge is -2.20. The minimum Gasteiger partial charge on any atom is -0.426 e. The highest BCUT2D eigenvalue weighted by molar-refractivity contribution is 5.85. The number of rotatable bonds is 2. The molecular formula is C11H15ClN2O2. The maximum Gasteiger partial charge on any atom is 0.314 e. The summed E-state index contributed by atoms with van der Waals surface area (Å²) in [6.07, 6.45) is 4.96. The van der Waals surface area contributed by atoms with E-state index in [1.165, 1.54) is 0 Å². The van der Waals surface area contributed by atoms with Crippen molar-refractivity contribution in [1.29, 1.82) is 0 Å². The van der Waals surface area contributed by atoms with E-state index in [0.717, 1.165) is 25.9 Å². The van der Waals surface area contributed by atoms with Crippen molar-refractivity contribution in [3.8, 4) is 5.75 Å². The van der Waals surface area contributed by atoms with E-state index in [1.54, 1.807) is 24.5 Å². The Morgan fingerprint density at radius 1 is 1.31 bits per heavy atom. The first-order valence-corrected chi connectivity index (χ1v) is 5.19. The van der Waals surface area contributed by atoms with E-state index in [2.05, 4.69) is 10.3 Å². The van der Waals surface area contributed by atoms with Crippen molar-refractivity contribution in [2.24, 2.45) is 5.92 Å². The number of esters is 1. The molecule has 0 amide bonds. The molecule has 0 atom stereocenters. The molecule has 0 aliphatic carbocycles. The fourth-order valence-electron chi connectivity index (χ4n) is 1.66. The standard InChI is InChI=1S/C11H14N2O2.ClH/c14-11(9-1-5-12-6-2-9)15-10-3-7-13-8-4-10;/h3-4,7-9,12H,1-2,5-6H2;1H. The molecule has 16 heavy (non-hydrogen) atoms. The number of halogens is 1. The smallest absolute Gasteiger partial charge is 0.314 e. The first-order chi connectivity index (χ1) is 7.36. The Hall–Kier alpha value is -1.13. The molecule has 2 heterocycles. The van der Waals surface area contributed by atoms with Gasteiger partial charge in [-0.15, -0.1) is 12.4 Å². The van der Waals surface area contributed by atoms with E-state index in [1.807, 2.05) is 0 Å². The van der Waals surface area contributed by atoms with Crippen molar-refractivity contribution in [3.05, 3.63) is 24.5 Å². The predicted molar refractivity (Wildman–Crippen MR) is 62.7 cm³/mol. The summed E-state index contributed by atoms with van der Waals surface area (Å²) in [6, 6.07) is 3.39. The van der Waals surface area contributed by atoms with Crippen molar-refractivity contribution >= 4 is 18.4 Å². The normalized spacial score (nSPS) is 16.2. The molecule has 0 saturated carbocycles. The van der Waals surface area contributed by atoms with Crippen LogP contribution in [0.3, 0.4) is 0 Å². The second-order valence-corrected chi connectivity index (χ2v) is 3.63. The summed E-state index contributed by atoms with van der Waals surface area (Å²) in [6.45, 7) is 1.80. The highest BCUT2D eigenvalue weighted by atomic mass is 35.5. The molecule has 1 aliphatic heterocycles. The minimum atomic E-state index is -0.122. The number of nitrogens with zero attached hydrogens (tertiary/aromatic N) is 1. The van der Waals surface area contributed by atoms with Crippen LogP contribution in [0.2, 0.25) is 0 Å². The van der Waals surface area contributed by atoms with Gasteiger partial charge in [-0.3, -0.25) is 9.78 Å². The molecule has 0 bridgehead atoms. The molecule has 1 N–H and O–H groups in total. The number of carbonyl (C=O) groups excluding carboxylic acids is 1. The van der Waals surface area contributed by atoms with Crippen LogP contribution in [0.1, 0.15) is 12.8 Å². The number of ether oxygens (including phenoxy) is 1. The van der Waals surface area contributed by atoms with E-state index in [4.69, 9.17) is 4.74 Å². The van der Waals surface area contributed by atoms with Crippen LogP contribution in [0.4, 0.5) is 0 Å². The third kappa shape index (κ3) is 3.47. The van der Waals surface area contributed by atoms with Crippen molar-refractivity contribution < 1.29 is 9.53 Å². The molecule has 1 saturated heterocycles. The van der Waals surface area contributed by atoms with Crippen LogP contribution >= 0.6 is 12.4 Å². The molecule has 0 aromatic carbocycles. The Morgan fingerprint density at radius 2 is 1.94 bits per heavy atom. The van der Waals surface area contributed by atoms with Crippen LogP contribution in [0.5, 0.6) is 5.75 Å². The largest absolute Gasteiger partial charge is 0.426 e. The van der Waals surface area contributed by atoms with Crippen molar-refractivity contribution in [2.45, 2.75) is 12.8 Å². The van der Waals surface area contributed by atoms with E-state index in [9.17, 15) is 4.79 Å². The van der Waals surface area contributed by atoms with Crippen LogP contribution in [-0.4, -0.2) is 24.0 Å². The summed E-state index contributed by atoms with van der Waals surface area (Å²) in [5.74, 6) is 0.496. The van der Waals surface area contributed by atoms with Gasteiger partial charge in [0.2, 0.25) is 0 Å². The number of carbonyl (C=O) groups is 1. The van der Waals surface area contributed by atoms with Gasteiger partial charge in [0.25, 0.3) is 0 Å². The van der Waals surface area contributed by atoms with Crippen LogP contribution in [0.15, 0.2) is 24.5 Å². The molecule has 2 rings (SSSR count). The molecule has 0 radical (unpaired) electrons. The number of hydrogen-bond donors (Lipinski definition) is 1. The molecule has 1 aliphatic rings. The average Bonchev–Trinajstić information content (AvgIpc) is 2.31. The first kappa shape index (κ1) is 12.9. The van der Waals surface area contributed by atoms with E-state index in [-0.39, 0.29) is 24.3 Å². The maximum atomic E-state index is 11.7. The van der Waals surface area contributed by atoms with Gasteiger partial charge < -0.3 is 10.1 Å². The summed E-state index contributed by atoms with van der Waals surface area (Å²) in [4.78, 5) is 15.6. The number of nitrogens with one attached hydrogen (secondary N) is 1. The summed E-state index contributed by atoms with van der Waals surface area (Å²) in [5.41, 5.74) is 0. The van der Waals surface area contributed by atoms with E-state index < -0.39 is 0 Å².